The van der Waals surface area contributed by atoms with Gasteiger partial charge in [-0.1, -0.05) is 0 Å². The summed E-state index contributed by atoms with van der Waals surface area (Å²) in [6, 6.07) is 5.16. The first-order valence-electron chi connectivity index (χ1n) is 11.5. The lowest BCUT2D eigenvalue weighted by Crippen LogP contribution is -2.41. The van der Waals surface area contributed by atoms with Gasteiger partial charge in [0.25, 0.3) is 5.91 Å². The largest absolute Gasteiger partial charge is 0.481 e. The number of amides is 1. The number of aromatic nitrogens is 4. The van der Waals surface area contributed by atoms with E-state index in [0.717, 1.165) is 5.69 Å². The van der Waals surface area contributed by atoms with E-state index in [0.29, 0.717) is 35.6 Å². The maximum Gasteiger partial charge on any atom is 0.328 e. The van der Waals surface area contributed by atoms with Crippen LogP contribution >= 0.6 is 0 Å². The molecule has 0 aliphatic heterocycles. The van der Waals surface area contributed by atoms with Crippen molar-refractivity contribution in [2.45, 2.75) is 25.4 Å². The summed E-state index contributed by atoms with van der Waals surface area (Å²) in [4.78, 5) is 71.8. The SMILES string of the molecule is CN(Cc1cnc2nc(N)nc(N)c2n1)c1ccc(C(=O)NC(CCC(=O)O)C(=O)O)cc1.O=C(O)/C=C\C(=O)O. The standard InChI is InChI=1S/C20H22N8O5.C4H4O4/c1-28(9-11-8-23-17-15(24-11)16(21)26-20(22)27-17)12-4-2-10(3-5-12)18(31)25-13(19(32)33)6-7-14(29)30;5-3(6)1-2-4(7)8/h2-5,8,13H,6-7,9H2,1H3,(H,25,31)(H,29,30)(H,32,33)(H4,21,22,23,26,27);1-2H,(H,5,6)(H,7,8)/b;2-1-. The molecule has 2 aromatic heterocycles. The number of carbonyl (C=O) groups excluding carboxylic acids is 1. The first-order valence-corrected chi connectivity index (χ1v) is 11.5. The van der Waals surface area contributed by atoms with Gasteiger partial charge in [-0.15, -0.1) is 0 Å². The van der Waals surface area contributed by atoms with Crippen LogP contribution in [0.5, 0.6) is 0 Å². The van der Waals surface area contributed by atoms with Gasteiger partial charge < -0.3 is 42.1 Å². The second-order valence-corrected chi connectivity index (χ2v) is 8.21. The third kappa shape index (κ3) is 10.1. The summed E-state index contributed by atoms with van der Waals surface area (Å²) in [5, 5.41) is 35.9. The molecule has 9 N–H and O–H groups in total. The minimum atomic E-state index is -1.30. The lowest BCUT2D eigenvalue weighted by atomic mass is 10.1. The summed E-state index contributed by atoms with van der Waals surface area (Å²) in [7, 11) is 1.82. The number of hydrogen-bond acceptors (Lipinski definition) is 12. The van der Waals surface area contributed by atoms with Gasteiger partial charge in [-0.3, -0.25) is 9.59 Å². The highest BCUT2D eigenvalue weighted by atomic mass is 16.4. The number of fused-ring (bicyclic) bond motifs is 1. The zero-order valence-electron chi connectivity index (χ0n) is 21.5. The molecule has 0 aliphatic carbocycles. The molecule has 17 nitrogen and oxygen atoms in total. The van der Waals surface area contributed by atoms with Crippen LogP contribution < -0.4 is 21.7 Å². The smallest absolute Gasteiger partial charge is 0.328 e. The molecule has 1 aromatic carbocycles. The van der Waals surface area contributed by atoms with Crippen molar-refractivity contribution >= 4 is 58.4 Å². The van der Waals surface area contributed by atoms with E-state index in [4.69, 9.17) is 26.8 Å². The van der Waals surface area contributed by atoms with Crippen LogP contribution in [0.2, 0.25) is 0 Å². The first-order chi connectivity index (χ1) is 19.3. The number of nitrogens with two attached hydrogens (primary N) is 2. The van der Waals surface area contributed by atoms with Crippen LogP contribution in [0.25, 0.3) is 11.2 Å². The zero-order valence-corrected chi connectivity index (χ0v) is 21.5. The number of nitrogens with one attached hydrogen (secondary N) is 1. The van der Waals surface area contributed by atoms with E-state index in [9.17, 15) is 29.1 Å². The summed E-state index contributed by atoms with van der Waals surface area (Å²) in [5.41, 5.74) is 13.7. The van der Waals surface area contributed by atoms with E-state index in [-0.39, 0.29) is 30.2 Å². The number of anilines is 3. The quantitative estimate of drug-likeness (QED) is 0.149. The molecule has 3 rings (SSSR count). The van der Waals surface area contributed by atoms with Gasteiger partial charge in [0.2, 0.25) is 5.95 Å². The van der Waals surface area contributed by atoms with Gasteiger partial charge in [-0.05, 0) is 30.7 Å². The molecular formula is C24H26N8O9. The molecular weight excluding hydrogens is 544 g/mol. The summed E-state index contributed by atoms with van der Waals surface area (Å²) in [6.07, 6.45) is 2.08. The van der Waals surface area contributed by atoms with Crippen molar-refractivity contribution in [3.8, 4) is 0 Å². The second kappa shape index (κ2) is 14.3. The van der Waals surface area contributed by atoms with Gasteiger partial charge in [0, 0.05) is 36.9 Å². The number of aliphatic carboxylic acids is 4. The van der Waals surface area contributed by atoms with Crippen LogP contribution in [0.3, 0.4) is 0 Å². The van der Waals surface area contributed by atoms with Crippen molar-refractivity contribution in [2.75, 3.05) is 23.4 Å². The van der Waals surface area contributed by atoms with Crippen LogP contribution in [0, 0.1) is 0 Å². The Labute approximate surface area is 231 Å². The molecule has 1 atom stereocenters. The Morgan fingerprint density at radius 1 is 0.951 bits per heavy atom. The number of benzene rings is 1. The van der Waals surface area contributed by atoms with Gasteiger partial charge in [-0.25, -0.2) is 24.4 Å². The molecule has 216 valence electrons. The van der Waals surface area contributed by atoms with Gasteiger partial charge in [0.05, 0.1) is 18.4 Å². The third-order valence-corrected chi connectivity index (χ3v) is 5.09. The molecule has 41 heavy (non-hydrogen) atoms. The molecule has 0 fully saturated rings. The van der Waals surface area contributed by atoms with Crippen molar-refractivity contribution in [3.05, 3.63) is 53.9 Å². The van der Waals surface area contributed by atoms with Crippen molar-refractivity contribution < 1.29 is 44.4 Å². The molecule has 0 saturated heterocycles. The van der Waals surface area contributed by atoms with E-state index in [2.05, 4.69) is 25.3 Å². The van der Waals surface area contributed by atoms with Crippen molar-refractivity contribution in [1.29, 1.82) is 0 Å². The van der Waals surface area contributed by atoms with E-state index in [1.807, 2.05) is 11.9 Å². The van der Waals surface area contributed by atoms with E-state index < -0.39 is 35.8 Å². The van der Waals surface area contributed by atoms with Crippen molar-refractivity contribution in [2.24, 2.45) is 0 Å². The first kappa shape index (κ1) is 31.3. The topological polar surface area (TPSA) is 285 Å². The monoisotopic (exact) mass is 570 g/mol. The average Bonchev–Trinajstić information content (AvgIpc) is 2.90. The molecule has 0 radical (unpaired) electrons. The number of carbonyl (C=O) groups is 5. The van der Waals surface area contributed by atoms with Crippen LogP contribution in [0.4, 0.5) is 17.5 Å². The summed E-state index contributed by atoms with van der Waals surface area (Å²) in [5.74, 6) is -5.42. The lowest BCUT2D eigenvalue weighted by Gasteiger charge is -2.19. The van der Waals surface area contributed by atoms with Crippen molar-refractivity contribution in [3.63, 3.8) is 0 Å². The van der Waals surface area contributed by atoms with Gasteiger partial charge in [0.15, 0.2) is 17.0 Å². The van der Waals surface area contributed by atoms with Crippen LogP contribution in [-0.2, 0) is 25.7 Å². The third-order valence-electron chi connectivity index (χ3n) is 5.09. The molecule has 1 unspecified atom stereocenters. The van der Waals surface area contributed by atoms with Crippen LogP contribution in [-0.4, -0.2) is 83.2 Å². The predicted molar refractivity (Wildman–Crippen MR) is 143 cm³/mol. The average molecular weight is 571 g/mol. The fourth-order valence-electron chi connectivity index (χ4n) is 3.17. The van der Waals surface area contributed by atoms with Crippen LogP contribution in [0.15, 0.2) is 42.6 Å². The minimum absolute atomic E-state index is 0.0138. The fraction of sp³-hybridized carbons (Fsp3) is 0.208. The van der Waals surface area contributed by atoms with E-state index >= 15 is 0 Å². The van der Waals surface area contributed by atoms with E-state index in [1.165, 1.54) is 12.1 Å². The van der Waals surface area contributed by atoms with Crippen molar-refractivity contribution in [1.82, 2.24) is 25.3 Å². The Morgan fingerprint density at radius 3 is 2.10 bits per heavy atom. The molecule has 0 spiro atoms. The molecule has 2 heterocycles. The van der Waals surface area contributed by atoms with Gasteiger partial charge in [0.1, 0.15) is 6.04 Å². The Balaban J connectivity index is 0.000000642. The maximum atomic E-state index is 12.4. The Morgan fingerprint density at radius 2 is 1.56 bits per heavy atom. The molecule has 0 aliphatic rings. The number of carboxylic acid groups (broad SMARTS) is 4. The minimum Gasteiger partial charge on any atom is -0.481 e. The molecule has 0 saturated carbocycles. The number of rotatable bonds is 11. The Hall–Kier alpha value is -5.87. The lowest BCUT2D eigenvalue weighted by molar-refractivity contribution is -0.140. The fourth-order valence-corrected chi connectivity index (χ4v) is 3.17. The zero-order chi connectivity index (χ0) is 30.7. The number of nitrogen functional groups attached to an aromatic ring is 2. The van der Waals surface area contributed by atoms with Gasteiger partial charge >= 0.3 is 23.9 Å². The Bertz CT molecular complexity index is 1460. The highest BCUT2D eigenvalue weighted by Crippen LogP contribution is 2.19. The Kier molecular flexibility index (Phi) is 11.0. The van der Waals surface area contributed by atoms with E-state index in [1.54, 1.807) is 18.3 Å². The summed E-state index contributed by atoms with van der Waals surface area (Å²) >= 11 is 0. The highest BCUT2D eigenvalue weighted by Gasteiger charge is 2.21. The maximum absolute atomic E-state index is 12.4. The summed E-state index contributed by atoms with van der Waals surface area (Å²) in [6.45, 7) is 0.370. The molecule has 1 amide bonds. The second-order valence-electron chi connectivity index (χ2n) is 8.21. The molecule has 17 heteroatoms. The predicted octanol–water partition coefficient (Wildman–Crippen LogP) is -0.0198. The number of nitrogens with zero attached hydrogens (tertiary/aromatic N) is 5. The number of hydrogen-bond donors (Lipinski definition) is 7. The normalized spacial score (nSPS) is 11.2. The molecule has 0 bridgehead atoms. The highest BCUT2D eigenvalue weighted by molar-refractivity contribution is 5.97. The summed E-state index contributed by atoms with van der Waals surface area (Å²) < 4.78 is 0. The molecule has 3 aromatic rings. The van der Waals surface area contributed by atoms with Crippen LogP contribution in [0.1, 0.15) is 28.9 Å². The number of carboxylic acids is 4. The van der Waals surface area contributed by atoms with Gasteiger partial charge in [-0.2, -0.15) is 9.97 Å².